The van der Waals surface area contributed by atoms with Crippen molar-refractivity contribution in [2.75, 3.05) is 6.26 Å². The molecule has 0 aromatic heterocycles. The van der Waals surface area contributed by atoms with E-state index in [0.29, 0.717) is 12.8 Å². The molecule has 1 unspecified atom stereocenters. The van der Waals surface area contributed by atoms with Crippen molar-refractivity contribution >= 4 is 22.4 Å². The summed E-state index contributed by atoms with van der Waals surface area (Å²) in [5.41, 5.74) is 0. The molecule has 4 heteroatoms. The van der Waals surface area contributed by atoms with Gasteiger partial charge in [-0.3, -0.25) is 13.8 Å². The molecule has 2 aliphatic carbocycles. The Morgan fingerprint density at radius 2 is 1.73 bits per heavy atom. The molecule has 0 amide bonds. The Kier molecular flexibility index (Phi) is 2.79. The Balaban J connectivity index is 2.18. The maximum atomic E-state index is 11.7. The van der Waals surface area contributed by atoms with Crippen molar-refractivity contribution in [3.8, 4) is 0 Å². The molecule has 0 bridgehead atoms. The zero-order valence-electron chi connectivity index (χ0n) is 8.95. The smallest absolute Gasteiger partial charge is 0.140 e. The van der Waals surface area contributed by atoms with Gasteiger partial charge >= 0.3 is 0 Å². The van der Waals surface area contributed by atoms with E-state index in [4.69, 9.17) is 0 Å². The van der Waals surface area contributed by atoms with Crippen LogP contribution >= 0.6 is 0 Å². The van der Waals surface area contributed by atoms with Crippen molar-refractivity contribution < 1.29 is 13.8 Å². The van der Waals surface area contributed by atoms with Gasteiger partial charge in [-0.1, -0.05) is 6.42 Å². The van der Waals surface area contributed by atoms with E-state index in [2.05, 4.69) is 0 Å². The highest BCUT2D eigenvalue weighted by molar-refractivity contribution is 7.85. The predicted octanol–water partition coefficient (Wildman–Crippen LogP) is 1.23. The van der Waals surface area contributed by atoms with Crippen LogP contribution in [0.25, 0.3) is 0 Å². The molecule has 0 aromatic carbocycles. The van der Waals surface area contributed by atoms with Crippen LogP contribution in [0.1, 0.15) is 38.5 Å². The van der Waals surface area contributed by atoms with Crippen LogP contribution in [-0.4, -0.2) is 26.8 Å². The quantitative estimate of drug-likeness (QED) is 0.668. The van der Waals surface area contributed by atoms with Gasteiger partial charge in [0.1, 0.15) is 11.6 Å². The second-order valence-electron chi connectivity index (χ2n) is 4.73. The lowest BCUT2D eigenvalue weighted by atomic mass is 9.68. The summed E-state index contributed by atoms with van der Waals surface area (Å²) in [6.07, 6.45) is 5.66. The minimum atomic E-state index is -0.914. The zero-order valence-corrected chi connectivity index (χ0v) is 9.77. The maximum absolute atomic E-state index is 11.7. The Hall–Kier alpha value is -0.510. The summed E-state index contributed by atoms with van der Waals surface area (Å²) in [6.45, 7) is 0. The topological polar surface area (TPSA) is 51.2 Å². The van der Waals surface area contributed by atoms with Crippen LogP contribution in [-0.2, 0) is 20.4 Å². The Bertz CT molecular complexity index is 315. The first-order valence-electron chi connectivity index (χ1n) is 5.41. The minimum Gasteiger partial charge on any atom is -0.299 e. The third-order valence-electron chi connectivity index (χ3n) is 3.86. The highest BCUT2D eigenvalue weighted by atomic mass is 32.2. The fraction of sp³-hybridized carbons (Fsp3) is 0.818. The third-order valence-corrected chi connectivity index (χ3v) is 5.75. The molecule has 0 aromatic rings. The van der Waals surface area contributed by atoms with E-state index in [0.717, 1.165) is 19.3 Å². The van der Waals surface area contributed by atoms with Gasteiger partial charge in [0.05, 0.1) is 6.42 Å². The highest BCUT2D eigenvalue weighted by Crippen LogP contribution is 2.47. The van der Waals surface area contributed by atoms with Crippen LogP contribution in [0.5, 0.6) is 0 Å². The fourth-order valence-corrected chi connectivity index (χ4v) is 4.31. The molecule has 0 aliphatic heterocycles. The lowest BCUT2D eigenvalue weighted by molar-refractivity contribution is -0.132. The number of hydrogen-bond donors (Lipinski definition) is 0. The van der Waals surface area contributed by atoms with Crippen LogP contribution < -0.4 is 0 Å². The van der Waals surface area contributed by atoms with E-state index >= 15 is 0 Å². The molecular weight excluding hydrogens is 212 g/mol. The average molecular weight is 228 g/mol. The molecule has 15 heavy (non-hydrogen) atoms. The molecule has 2 fully saturated rings. The maximum Gasteiger partial charge on any atom is 0.140 e. The number of hydrogen-bond acceptors (Lipinski definition) is 3. The fourth-order valence-electron chi connectivity index (χ4n) is 2.81. The van der Waals surface area contributed by atoms with Gasteiger partial charge in [0.15, 0.2) is 0 Å². The number of ketones is 2. The molecule has 2 rings (SSSR count). The first-order valence-corrected chi connectivity index (χ1v) is 6.97. The van der Waals surface area contributed by atoms with Crippen LogP contribution in [0.4, 0.5) is 0 Å². The monoisotopic (exact) mass is 228 g/mol. The number of rotatable bonds is 2. The van der Waals surface area contributed by atoms with Crippen molar-refractivity contribution in [1.82, 2.24) is 0 Å². The van der Waals surface area contributed by atoms with Gasteiger partial charge in [-0.2, -0.15) is 0 Å². The minimum absolute atomic E-state index is 0.0352. The lowest BCUT2D eigenvalue weighted by Gasteiger charge is -2.46. The van der Waals surface area contributed by atoms with Gasteiger partial charge in [0.25, 0.3) is 0 Å². The zero-order chi connectivity index (χ0) is 11.1. The standard InChI is InChI=1S/C11H16O3S/c1-15(14)11(3-2-4-11)8-5-9(12)7-10(13)6-8/h8H,2-7H2,1H3. The number of Topliss-reactive ketones (excluding diaryl/α,β-unsaturated/α-hetero) is 2. The van der Waals surface area contributed by atoms with E-state index in [-0.39, 0.29) is 28.7 Å². The van der Waals surface area contributed by atoms with Crippen molar-refractivity contribution in [2.45, 2.75) is 43.3 Å². The van der Waals surface area contributed by atoms with Crippen molar-refractivity contribution in [3.63, 3.8) is 0 Å². The second kappa shape index (κ2) is 3.81. The molecule has 3 nitrogen and oxygen atoms in total. The van der Waals surface area contributed by atoms with Crippen molar-refractivity contribution in [2.24, 2.45) is 5.92 Å². The van der Waals surface area contributed by atoms with Crippen molar-refractivity contribution in [1.29, 1.82) is 0 Å². The summed E-state index contributed by atoms with van der Waals surface area (Å²) >= 11 is 0. The van der Waals surface area contributed by atoms with Crippen LogP contribution in [0.2, 0.25) is 0 Å². The molecule has 84 valence electrons. The number of carbonyl (C=O) groups is 2. The van der Waals surface area contributed by atoms with Crippen LogP contribution in [0.15, 0.2) is 0 Å². The summed E-state index contributed by atoms with van der Waals surface area (Å²) in [7, 11) is -0.914. The SMILES string of the molecule is CS(=O)C1(C2CC(=O)CC(=O)C2)CCC1. The van der Waals surface area contributed by atoms with Gasteiger partial charge in [0.2, 0.25) is 0 Å². The van der Waals surface area contributed by atoms with E-state index in [1.165, 1.54) is 0 Å². The Morgan fingerprint density at radius 3 is 2.07 bits per heavy atom. The van der Waals surface area contributed by atoms with Crippen LogP contribution in [0.3, 0.4) is 0 Å². The van der Waals surface area contributed by atoms with E-state index in [1.807, 2.05) is 0 Å². The summed E-state index contributed by atoms with van der Waals surface area (Å²) in [4.78, 5) is 22.7. The molecule has 0 radical (unpaired) electrons. The number of carbonyl (C=O) groups excluding carboxylic acids is 2. The largest absolute Gasteiger partial charge is 0.299 e. The molecule has 0 spiro atoms. The molecule has 0 heterocycles. The summed E-state index contributed by atoms with van der Waals surface area (Å²) < 4.78 is 11.5. The van der Waals surface area contributed by atoms with Gasteiger partial charge in [-0.05, 0) is 18.8 Å². The van der Waals surface area contributed by atoms with E-state index in [9.17, 15) is 13.8 Å². The summed E-state index contributed by atoms with van der Waals surface area (Å²) in [5, 5.41) is 0. The first-order chi connectivity index (χ1) is 7.04. The van der Waals surface area contributed by atoms with Gasteiger partial charge < -0.3 is 0 Å². The Labute approximate surface area is 92.1 Å². The molecule has 0 saturated heterocycles. The third kappa shape index (κ3) is 1.80. The van der Waals surface area contributed by atoms with Crippen LogP contribution in [0, 0.1) is 5.92 Å². The molecular formula is C11H16O3S. The van der Waals surface area contributed by atoms with E-state index in [1.54, 1.807) is 6.26 Å². The summed E-state index contributed by atoms with van der Waals surface area (Å²) in [5.74, 6) is 0.117. The molecule has 0 N–H and O–H groups in total. The van der Waals surface area contributed by atoms with Gasteiger partial charge in [-0.25, -0.2) is 0 Å². The van der Waals surface area contributed by atoms with Gasteiger partial charge in [-0.15, -0.1) is 0 Å². The second-order valence-corrected chi connectivity index (χ2v) is 6.45. The molecule has 1 atom stereocenters. The average Bonchev–Trinajstić information content (AvgIpc) is 1.97. The molecule has 2 saturated carbocycles. The lowest BCUT2D eigenvalue weighted by Crippen LogP contribution is -2.50. The first kappa shape index (κ1) is 11.0. The highest BCUT2D eigenvalue weighted by Gasteiger charge is 2.49. The predicted molar refractivity (Wildman–Crippen MR) is 58.0 cm³/mol. The normalized spacial score (nSPS) is 28.6. The molecule has 2 aliphatic rings. The summed E-state index contributed by atoms with van der Waals surface area (Å²) in [6, 6.07) is 0. The van der Waals surface area contributed by atoms with E-state index < -0.39 is 10.8 Å². The Morgan fingerprint density at radius 1 is 1.20 bits per heavy atom. The van der Waals surface area contributed by atoms with Gasteiger partial charge in [0, 0.05) is 34.6 Å². The van der Waals surface area contributed by atoms with Crippen molar-refractivity contribution in [3.05, 3.63) is 0 Å².